The summed E-state index contributed by atoms with van der Waals surface area (Å²) in [6, 6.07) is 1.97. The van der Waals surface area contributed by atoms with Crippen LogP contribution in [-0.2, 0) is 4.74 Å². The first-order valence-corrected chi connectivity index (χ1v) is 12.2. The molecule has 3 nitrogen and oxygen atoms in total. The van der Waals surface area contributed by atoms with E-state index in [1.807, 2.05) is 0 Å². The molecule has 0 radical (unpaired) electrons. The monoisotopic (exact) mass is 506 g/mol. The molecule has 0 unspecified atom stereocenters. The highest BCUT2D eigenvalue weighted by atomic mass is 19.4. The summed E-state index contributed by atoms with van der Waals surface area (Å²) in [7, 11) is 1.68. The van der Waals surface area contributed by atoms with E-state index in [1.54, 1.807) is 7.11 Å². The van der Waals surface area contributed by atoms with Gasteiger partial charge in [-0.15, -0.1) is 19.1 Å². The SMILES string of the molecule is COCCCC#CC1CCC(C2CCC(C(F)(F)Oc3ccc(OC(F)(F)F)c(F)c3)CC2)CC1. The standard InChI is InChI=1S/C26H32F6O3/c1-33-16-4-2-3-5-18-6-8-19(9-7-18)20-10-12-21(13-11-20)25(28,29)34-22-14-15-24(23(27)17-22)35-26(30,31)32/h14-15,17-21H,2,4,6-13,16H2,1H3. The van der Waals surface area contributed by atoms with Gasteiger partial charge in [0.05, 0.1) is 5.92 Å². The largest absolute Gasteiger partial charge is 0.573 e. The highest BCUT2D eigenvalue weighted by Gasteiger charge is 2.45. The fraction of sp³-hybridized carbons (Fsp3) is 0.692. The molecule has 196 valence electrons. The smallest absolute Gasteiger partial charge is 0.432 e. The quantitative estimate of drug-likeness (QED) is 0.205. The first kappa shape index (κ1) is 27.5. The van der Waals surface area contributed by atoms with Crippen LogP contribution in [0.5, 0.6) is 11.5 Å². The summed E-state index contributed by atoms with van der Waals surface area (Å²) < 4.78 is 93.3. The van der Waals surface area contributed by atoms with Gasteiger partial charge in [-0.05, 0) is 81.8 Å². The molecule has 0 atom stereocenters. The Bertz CT molecular complexity index is 860. The van der Waals surface area contributed by atoms with Gasteiger partial charge in [-0.2, -0.15) is 8.78 Å². The number of ether oxygens (including phenoxy) is 3. The third kappa shape index (κ3) is 8.52. The summed E-state index contributed by atoms with van der Waals surface area (Å²) in [6.07, 6.45) is -0.720. The van der Waals surface area contributed by atoms with Crippen LogP contribution in [0.4, 0.5) is 26.3 Å². The molecule has 0 saturated heterocycles. The van der Waals surface area contributed by atoms with Gasteiger partial charge >= 0.3 is 12.5 Å². The normalized spacial score (nSPS) is 25.5. The van der Waals surface area contributed by atoms with Gasteiger partial charge in [-0.1, -0.05) is 5.92 Å². The summed E-state index contributed by atoms with van der Waals surface area (Å²) >= 11 is 0. The summed E-state index contributed by atoms with van der Waals surface area (Å²) in [6.45, 7) is 0.717. The van der Waals surface area contributed by atoms with Crippen molar-refractivity contribution in [2.24, 2.45) is 23.7 Å². The van der Waals surface area contributed by atoms with E-state index in [-0.39, 0.29) is 12.8 Å². The average molecular weight is 507 g/mol. The molecule has 2 saturated carbocycles. The number of methoxy groups -OCH3 is 1. The Labute approximate surface area is 202 Å². The predicted molar refractivity (Wildman–Crippen MR) is 118 cm³/mol. The van der Waals surface area contributed by atoms with Crippen molar-refractivity contribution in [1.29, 1.82) is 0 Å². The number of hydrogen-bond acceptors (Lipinski definition) is 3. The lowest BCUT2D eigenvalue weighted by molar-refractivity contribution is -0.275. The maximum atomic E-state index is 14.7. The lowest BCUT2D eigenvalue weighted by Crippen LogP contribution is -2.38. The fourth-order valence-electron chi connectivity index (χ4n) is 5.18. The van der Waals surface area contributed by atoms with Crippen LogP contribution >= 0.6 is 0 Å². The number of alkyl halides is 5. The summed E-state index contributed by atoms with van der Waals surface area (Å²) in [4.78, 5) is 0. The van der Waals surface area contributed by atoms with Crippen LogP contribution < -0.4 is 9.47 Å². The van der Waals surface area contributed by atoms with E-state index < -0.39 is 35.7 Å². The molecule has 2 aliphatic carbocycles. The van der Waals surface area contributed by atoms with Gasteiger partial charge in [0.25, 0.3) is 0 Å². The molecule has 0 aromatic heterocycles. The van der Waals surface area contributed by atoms with E-state index in [0.29, 0.717) is 49.3 Å². The first-order valence-electron chi connectivity index (χ1n) is 12.2. The van der Waals surface area contributed by atoms with Crippen LogP contribution in [0.15, 0.2) is 18.2 Å². The third-order valence-corrected chi connectivity index (χ3v) is 7.02. The Balaban J connectivity index is 1.45. The number of hydrogen-bond donors (Lipinski definition) is 0. The van der Waals surface area contributed by atoms with Gasteiger partial charge in [0.2, 0.25) is 0 Å². The van der Waals surface area contributed by atoms with Crippen molar-refractivity contribution < 1.29 is 40.6 Å². The van der Waals surface area contributed by atoms with E-state index in [1.165, 1.54) is 0 Å². The Hall–Kier alpha value is -2.08. The molecular formula is C26H32F6O3. The highest BCUT2D eigenvalue weighted by Crippen LogP contribution is 2.45. The Morgan fingerprint density at radius 3 is 2.09 bits per heavy atom. The van der Waals surface area contributed by atoms with Gasteiger partial charge < -0.3 is 14.2 Å². The van der Waals surface area contributed by atoms with Crippen molar-refractivity contribution in [3.8, 4) is 23.3 Å². The van der Waals surface area contributed by atoms with Crippen molar-refractivity contribution in [1.82, 2.24) is 0 Å². The van der Waals surface area contributed by atoms with Crippen LogP contribution in [0, 0.1) is 41.3 Å². The predicted octanol–water partition coefficient (Wildman–Crippen LogP) is 7.74. The van der Waals surface area contributed by atoms with Crippen molar-refractivity contribution in [3.63, 3.8) is 0 Å². The zero-order chi connectivity index (χ0) is 25.5. The second-order valence-electron chi connectivity index (χ2n) is 9.44. The van der Waals surface area contributed by atoms with Crippen LogP contribution in [-0.4, -0.2) is 26.2 Å². The minimum Gasteiger partial charge on any atom is -0.432 e. The molecule has 0 bridgehead atoms. The van der Waals surface area contributed by atoms with Crippen molar-refractivity contribution >= 4 is 0 Å². The molecule has 2 aliphatic rings. The number of benzene rings is 1. The van der Waals surface area contributed by atoms with Gasteiger partial charge in [-0.3, -0.25) is 0 Å². The maximum Gasteiger partial charge on any atom is 0.573 e. The van der Waals surface area contributed by atoms with Crippen LogP contribution in [0.25, 0.3) is 0 Å². The zero-order valence-corrected chi connectivity index (χ0v) is 19.8. The lowest BCUT2D eigenvalue weighted by Gasteiger charge is -2.38. The molecule has 0 amide bonds. The highest BCUT2D eigenvalue weighted by molar-refractivity contribution is 5.33. The maximum absolute atomic E-state index is 14.7. The van der Waals surface area contributed by atoms with Crippen LogP contribution in [0.2, 0.25) is 0 Å². The van der Waals surface area contributed by atoms with Gasteiger partial charge in [-0.25, -0.2) is 4.39 Å². The van der Waals surface area contributed by atoms with Crippen LogP contribution in [0.1, 0.15) is 64.2 Å². The minimum atomic E-state index is -5.08. The third-order valence-electron chi connectivity index (χ3n) is 7.02. The first-order chi connectivity index (χ1) is 16.6. The molecule has 9 heteroatoms. The van der Waals surface area contributed by atoms with Gasteiger partial charge in [0, 0.05) is 32.1 Å². The Morgan fingerprint density at radius 1 is 0.886 bits per heavy atom. The molecule has 0 aliphatic heterocycles. The number of unbranched alkanes of at least 4 members (excludes halogenated alkanes) is 1. The molecule has 1 aromatic carbocycles. The molecule has 2 fully saturated rings. The topological polar surface area (TPSA) is 27.7 Å². The second-order valence-corrected chi connectivity index (χ2v) is 9.44. The van der Waals surface area contributed by atoms with E-state index in [4.69, 9.17) is 9.47 Å². The molecule has 3 rings (SSSR count). The Kier molecular flexibility index (Phi) is 9.62. The zero-order valence-electron chi connectivity index (χ0n) is 19.8. The molecule has 0 N–H and O–H groups in total. The lowest BCUT2D eigenvalue weighted by atomic mass is 9.69. The Morgan fingerprint density at radius 2 is 1.51 bits per heavy atom. The molecule has 35 heavy (non-hydrogen) atoms. The van der Waals surface area contributed by atoms with Gasteiger partial charge in [0.15, 0.2) is 11.6 Å². The van der Waals surface area contributed by atoms with Crippen molar-refractivity contribution in [2.75, 3.05) is 13.7 Å². The molecule has 0 heterocycles. The fourth-order valence-corrected chi connectivity index (χ4v) is 5.18. The molecule has 1 aromatic rings. The summed E-state index contributed by atoms with van der Waals surface area (Å²) in [5.41, 5.74) is 0. The van der Waals surface area contributed by atoms with E-state index >= 15 is 0 Å². The van der Waals surface area contributed by atoms with E-state index in [0.717, 1.165) is 44.6 Å². The average Bonchev–Trinajstić information content (AvgIpc) is 2.80. The minimum absolute atomic E-state index is 0.286. The van der Waals surface area contributed by atoms with Gasteiger partial charge in [0.1, 0.15) is 5.75 Å². The summed E-state index contributed by atoms with van der Waals surface area (Å²) in [5, 5.41) is 0. The summed E-state index contributed by atoms with van der Waals surface area (Å²) in [5.74, 6) is 3.85. The second kappa shape index (κ2) is 12.2. The van der Waals surface area contributed by atoms with Crippen LogP contribution in [0.3, 0.4) is 0 Å². The molecular weight excluding hydrogens is 474 g/mol. The number of halogens is 6. The van der Waals surface area contributed by atoms with E-state index in [2.05, 4.69) is 16.6 Å². The molecule has 0 spiro atoms. The van der Waals surface area contributed by atoms with Crippen molar-refractivity contribution in [2.45, 2.75) is 76.7 Å². The van der Waals surface area contributed by atoms with E-state index in [9.17, 15) is 26.3 Å². The number of rotatable bonds is 8. The van der Waals surface area contributed by atoms with Crippen molar-refractivity contribution in [3.05, 3.63) is 24.0 Å².